The number of hydrogen-bond acceptors (Lipinski definition) is 5. The Morgan fingerprint density at radius 2 is 1.71 bits per heavy atom. The van der Waals surface area contributed by atoms with Gasteiger partial charge in [-0.1, -0.05) is 18.2 Å². The molecule has 5 heteroatoms. The van der Waals surface area contributed by atoms with E-state index < -0.39 is 0 Å². The van der Waals surface area contributed by atoms with Crippen LogP contribution in [-0.4, -0.2) is 12.9 Å². The molecule has 104 valence electrons. The first kappa shape index (κ1) is 13.1. The second kappa shape index (κ2) is 5.58. The molecule has 0 atom stereocenters. The molecule has 0 aliphatic carbocycles. The van der Waals surface area contributed by atoms with E-state index >= 15 is 0 Å². The number of benzene rings is 2. The third-order valence-corrected chi connectivity index (χ3v) is 3.10. The molecule has 1 heterocycles. The minimum atomic E-state index is -0.0438. The molecule has 3 rings (SSSR count). The van der Waals surface area contributed by atoms with Crippen LogP contribution in [0, 0.1) is 0 Å². The smallest absolute Gasteiger partial charge is 0.185 e. The van der Waals surface area contributed by atoms with Crippen molar-refractivity contribution in [3.8, 4) is 5.75 Å². The monoisotopic (exact) mass is 279 g/mol. The highest BCUT2D eigenvalue weighted by Crippen LogP contribution is 2.23. The topological polar surface area (TPSA) is 54.0 Å². The molecule has 0 fully saturated rings. The number of carbonyl (C=O) groups excluding carboxylic acids is 1. The van der Waals surface area contributed by atoms with E-state index in [0.717, 1.165) is 17.0 Å². The van der Waals surface area contributed by atoms with Crippen LogP contribution in [-0.2, 0) is 0 Å². The average Bonchev–Trinajstić information content (AvgIpc) is 3.38. The van der Waals surface area contributed by atoms with E-state index in [9.17, 15) is 4.79 Å². The van der Waals surface area contributed by atoms with E-state index in [-0.39, 0.29) is 5.78 Å². The van der Waals surface area contributed by atoms with Crippen molar-refractivity contribution in [1.29, 1.82) is 0 Å². The van der Waals surface area contributed by atoms with Crippen LogP contribution in [0.5, 0.6) is 5.75 Å². The quantitative estimate of drug-likeness (QED) is 0.619. The van der Waals surface area contributed by atoms with Crippen LogP contribution in [0.2, 0.25) is 0 Å². The summed E-state index contributed by atoms with van der Waals surface area (Å²) in [7, 11) is 1.60. The summed E-state index contributed by atoms with van der Waals surface area (Å²) in [5, 5.41) is 8.95. The van der Waals surface area contributed by atoms with Crippen molar-refractivity contribution >= 4 is 17.5 Å². The van der Waals surface area contributed by atoms with Gasteiger partial charge in [0.15, 0.2) is 5.78 Å². The Morgan fingerprint density at radius 1 is 1.05 bits per heavy atom. The highest BCUT2D eigenvalue weighted by molar-refractivity contribution is 6.06. The number of allylic oxidation sites excluding steroid dienone is 1. The second-order valence-electron chi connectivity index (χ2n) is 4.49. The van der Waals surface area contributed by atoms with Crippen LogP contribution >= 0.6 is 0 Å². The molecule has 0 radical (unpaired) electrons. The molecule has 0 aromatic heterocycles. The van der Waals surface area contributed by atoms with Gasteiger partial charge in [0.05, 0.1) is 12.8 Å². The van der Waals surface area contributed by atoms with Crippen molar-refractivity contribution in [3.63, 3.8) is 0 Å². The number of hydrogen-bond donors (Lipinski definition) is 0. The fraction of sp³-hybridized carbons (Fsp3) is 0.0625. The predicted octanol–water partition coefficient (Wildman–Crippen LogP) is 3.69. The summed E-state index contributed by atoms with van der Waals surface area (Å²) in [5.41, 5.74) is 2.49. The van der Waals surface area contributed by atoms with Gasteiger partial charge in [0.25, 0.3) is 0 Å². The van der Waals surface area contributed by atoms with Gasteiger partial charge >= 0.3 is 0 Å². The van der Waals surface area contributed by atoms with Gasteiger partial charge in [-0.2, -0.15) is 0 Å². The first-order chi connectivity index (χ1) is 10.3. The Kier molecular flexibility index (Phi) is 3.47. The zero-order valence-electron chi connectivity index (χ0n) is 11.4. The number of rotatable bonds is 5. The highest BCUT2D eigenvalue weighted by atomic mass is 16.5. The molecular formula is C16H13N3O2. The largest absolute Gasteiger partial charge is 0.497 e. The van der Waals surface area contributed by atoms with E-state index in [1.165, 1.54) is 5.12 Å². The van der Waals surface area contributed by atoms with Crippen molar-refractivity contribution in [3.05, 3.63) is 65.7 Å². The Hall–Kier alpha value is -2.95. The highest BCUT2D eigenvalue weighted by Gasteiger charge is 2.12. The summed E-state index contributed by atoms with van der Waals surface area (Å²) >= 11 is 0. The molecule has 0 spiro atoms. The number of ketones is 1. The van der Waals surface area contributed by atoms with Gasteiger partial charge in [-0.05, 0) is 58.5 Å². The van der Waals surface area contributed by atoms with E-state index in [0.29, 0.717) is 5.56 Å². The standard InChI is InChI=1S/C16H13N3O2/c1-21-15-9-5-13(6-10-15)16(20)11-4-12-2-7-14(8-3-12)19-17-18-19/h2-11H,1H3/b11-4-. The van der Waals surface area contributed by atoms with Gasteiger partial charge in [0, 0.05) is 5.56 Å². The molecule has 5 nitrogen and oxygen atoms in total. The molecule has 0 amide bonds. The zero-order chi connectivity index (χ0) is 14.7. The van der Waals surface area contributed by atoms with Gasteiger partial charge < -0.3 is 4.74 Å². The second-order valence-corrected chi connectivity index (χ2v) is 4.49. The lowest BCUT2D eigenvalue weighted by molar-refractivity contribution is 0.104. The molecular weight excluding hydrogens is 266 g/mol. The molecule has 0 saturated heterocycles. The number of ether oxygens (including phenoxy) is 1. The van der Waals surface area contributed by atoms with Gasteiger partial charge in [-0.15, -0.1) is 5.12 Å². The number of nitrogens with zero attached hydrogens (tertiary/aromatic N) is 3. The summed E-state index contributed by atoms with van der Waals surface area (Å²) in [6, 6.07) is 14.7. The summed E-state index contributed by atoms with van der Waals surface area (Å²) in [6.07, 6.45) is 3.34. The normalized spacial score (nSPS) is 12.7. The van der Waals surface area contributed by atoms with E-state index in [4.69, 9.17) is 4.74 Å². The SMILES string of the molecule is COc1ccc(C(=O)/C=C\c2ccc(N3N=N3)cc2)cc1. The first-order valence-electron chi connectivity index (χ1n) is 6.44. The fourth-order valence-electron chi connectivity index (χ4n) is 1.87. The predicted molar refractivity (Wildman–Crippen MR) is 80.1 cm³/mol. The Bertz CT molecular complexity index is 697. The molecule has 21 heavy (non-hydrogen) atoms. The van der Waals surface area contributed by atoms with Gasteiger partial charge in [-0.25, -0.2) is 0 Å². The van der Waals surface area contributed by atoms with Gasteiger partial charge in [0.2, 0.25) is 0 Å². The molecule has 2 aromatic carbocycles. The summed E-state index contributed by atoms with van der Waals surface area (Å²) in [5.74, 6) is 0.690. The fourth-order valence-corrected chi connectivity index (χ4v) is 1.87. The van der Waals surface area contributed by atoms with Crippen LogP contribution in [0.25, 0.3) is 6.08 Å². The summed E-state index contributed by atoms with van der Waals surface area (Å²) < 4.78 is 5.07. The van der Waals surface area contributed by atoms with Crippen molar-refractivity contribution in [2.75, 3.05) is 12.2 Å². The lowest BCUT2D eigenvalue weighted by atomic mass is 10.1. The van der Waals surface area contributed by atoms with Crippen LogP contribution < -0.4 is 9.85 Å². The molecule has 2 aromatic rings. The van der Waals surface area contributed by atoms with E-state index in [1.807, 2.05) is 24.3 Å². The Balaban J connectivity index is 1.67. The minimum Gasteiger partial charge on any atom is -0.497 e. The molecule has 0 unspecified atom stereocenters. The van der Waals surface area contributed by atoms with Crippen LogP contribution in [0.1, 0.15) is 15.9 Å². The van der Waals surface area contributed by atoms with Crippen LogP contribution in [0.15, 0.2) is 65.1 Å². The van der Waals surface area contributed by atoms with Crippen LogP contribution in [0.3, 0.4) is 0 Å². The zero-order valence-corrected chi connectivity index (χ0v) is 11.4. The number of anilines is 1. The van der Waals surface area contributed by atoms with Crippen molar-refractivity contribution in [2.45, 2.75) is 0 Å². The molecule has 0 saturated carbocycles. The van der Waals surface area contributed by atoms with Crippen molar-refractivity contribution in [1.82, 2.24) is 0 Å². The maximum Gasteiger partial charge on any atom is 0.185 e. The number of carbonyl (C=O) groups is 1. The van der Waals surface area contributed by atoms with Crippen molar-refractivity contribution in [2.24, 2.45) is 10.4 Å². The first-order valence-corrected chi connectivity index (χ1v) is 6.44. The van der Waals surface area contributed by atoms with Gasteiger partial charge in [0.1, 0.15) is 5.75 Å². The molecule has 0 N–H and O–H groups in total. The Morgan fingerprint density at radius 3 is 2.29 bits per heavy atom. The lowest BCUT2D eigenvalue weighted by Crippen LogP contribution is -1.94. The lowest BCUT2D eigenvalue weighted by Gasteiger charge is -2.00. The van der Waals surface area contributed by atoms with Crippen molar-refractivity contribution < 1.29 is 9.53 Å². The summed E-state index contributed by atoms with van der Waals surface area (Å²) in [4.78, 5) is 12.0. The number of methoxy groups -OCH3 is 1. The maximum atomic E-state index is 12.0. The molecule has 0 bridgehead atoms. The third kappa shape index (κ3) is 3.14. The third-order valence-electron chi connectivity index (χ3n) is 3.10. The van der Waals surface area contributed by atoms with E-state index in [2.05, 4.69) is 10.4 Å². The molecule has 1 aliphatic heterocycles. The van der Waals surface area contributed by atoms with Gasteiger partial charge in [-0.3, -0.25) is 4.79 Å². The van der Waals surface area contributed by atoms with E-state index in [1.54, 1.807) is 43.5 Å². The Labute approximate surface area is 122 Å². The summed E-state index contributed by atoms with van der Waals surface area (Å²) in [6.45, 7) is 0. The maximum absolute atomic E-state index is 12.0. The molecule has 1 aliphatic rings. The minimum absolute atomic E-state index is 0.0438. The average molecular weight is 279 g/mol. The van der Waals surface area contributed by atoms with Crippen LogP contribution in [0.4, 0.5) is 5.69 Å².